The first-order valence-electron chi connectivity index (χ1n) is 7.06. The number of hydrogen-bond acceptors (Lipinski definition) is 2. The molecule has 100 valence electrons. The predicted octanol–water partition coefficient (Wildman–Crippen LogP) is 3.99. The molecule has 0 saturated heterocycles. The number of rotatable bonds is 2. The summed E-state index contributed by atoms with van der Waals surface area (Å²) in [7, 11) is 0. The molecule has 0 saturated carbocycles. The Labute approximate surface area is 113 Å². The maximum absolute atomic E-state index is 14.1. The van der Waals surface area contributed by atoms with Crippen LogP contribution in [-0.4, -0.2) is 11.5 Å². The van der Waals surface area contributed by atoms with Crippen molar-refractivity contribution in [3.63, 3.8) is 0 Å². The van der Waals surface area contributed by atoms with Gasteiger partial charge in [-0.3, -0.25) is 0 Å². The summed E-state index contributed by atoms with van der Waals surface area (Å²) in [6.45, 7) is 4.85. The Morgan fingerprint density at radius 2 is 2.05 bits per heavy atom. The smallest absolute Gasteiger partial charge is 0.149 e. The van der Waals surface area contributed by atoms with Gasteiger partial charge in [-0.25, -0.2) is 9.37 Å². The Bertz CT molecular complexity index is 634. The lowest BCUT2D eigenvalue weighted by Crippen LogP contribution is -2.11. The van der Waals surface area contributed by atoms with E-state index < -0.39 is 0 Å². The highest BCUT2D eigenvalue weighted by Gasteiger charge is 2.19. The number of halogens is 1. The van der Waals surface area contributed by atoms with E-state index in [0.717, 1.165) is 48.1 Å². The minimum atomic E-state index is -0.206. The fraction of sp³-hybridized carbons (Fsp3) is 0.438. The van der Waals surface area contributed by atoms with Crippen LogP contribution in [-0.2, 0) is 12.8 Å². The maximum Gasteiger partial charge on any atom is 0.149 e. The van der Waals surface area contributed by atoms with Gasteiger partial charge in [-0.05, 0) is 62.8 Å². The van der Waals surface area contributed by atoms with Gasteiger partial charge in [0.1, 0.15) is 11.3 Å². The van der Waals surface area contributed by atoms with E-state index in [1.165, 1.54) is 12.0 Å². The minimum absolute atomic E-state index is 0.206. The summed E-state index contributed by atoms with van der Waals surface area (Å²) in [4.78, 5) is 4.58. The lowest BCUT2D eigenvalue weighted by molar-refractivity contribution is 0.631. The van der Waals surface area contributed by atoms with Crippen LogP contribution in [0, 0.1) is 12.7 Å². The van der Waals surface area contributed by atoms with E-state index in [0.29, 0.717) is 5.52 Å². The van der Waals surface area contributed by atoms with Crippen LogP contribution in [0.25, 0.3) is 10.9 Å². The van der Waals surface area contributed by atoms with Gasteiger partial charge in [0.2, 0.25) is 0 Å². The minimum Gasteiger partial charge on any atom is -0.384 e. The molecule has 1 heterocycles. The number of anilines is 1. The molecule has 1 aliphatic rings. The Morgan fingerprint density at radius 1 is 1.26 bits per heavy atom. The van der Waals surface area contributed by atoms with E-state index in [9.17, 15) is 4.39 Å². The number of aryl methyl sites for hydroxylation is 2. The highest BCUT2D eigenvalue weighted by Crippen LogP contribution is 2.34. The van der Waals surface area contributed by atoms with Crippen LogP contribution in [0.15, 0.2) is 12.1 Å². The molecule has 2 aromatic rings. The van der Waals surface area contributed by atoms with Crippen molar-refractivity contribution in [3.8, 4) is 0 Å². The van der Waals surface area contributed by atoms with Gasteiger partial charge >= 0.3 is 0 Å². The number of nitrogens with one attached hydrogen (secondary N) is 1. The summed E-state index contributed by atoms with van der Waals surface area (Å²) in [6.07, 6.45) is 4.38. The van der Waals surface area contributed by atoms with E-state index in [1.54, 1.807) is 6.07 Å². The van der Waals surface area contributed by atoms with E-state index in [2.05, 4.69) is 17.2 Å². The predicted molar refractivity (Wildman–Crippen MR) is 77.2 cm³/mol. The lowest BCUT2D eigenvalue weighted by atomic mass is 9.92. The molecule has 2 nitrogen and oxygen atoms in total. The second-order valence-corrected chi connectivity index (χ2v) is 5.29. The van der Waals surface area contributed by atoms with Crippen molar-refractivity contribution in [2.75, 3.05) is 11.9 Å². The summed E-state index contributed by atoms with van der Waals surface area (Å²) < 4.78 is 14.1. The number of nitrogens with zero attached hydrogens (tertiary/aromatic N) is 1. The standard InChI is InChI=1S/C16H19FN2/c1-3-18-15-11-6-4-5-7-14(11)19-16-12(15)8-10(2)9-13(16)17/h8-9H,3-7H2,1-2H3,(H,18,19). The monoisotopic (exact) mass is 258 g/mol. The topological polar surface area (TPSA) is 24.9 Å². The highest BCUT2D eigenvalue weighted by molar-refractivity contribution is 5.94. The quantitative estimate of drug-likeness (QED) is 0.881. The van der Waals surface area contributed by atoms with Crippen molar-refractivity contribution >= 4 is 16.6 Å². The Morgan fingerprint density at radius 3 is 2.84 bits per heavy atom. The first-order chi connectivity index (χ1) is 9.20. The summed E-state index contributed by atoms with van der Waals surface area (Å²) in [5.41, 5.74) is 4.94. The second kappa shape index (κ2) is 4.80. The molecule has 0 fully saturated rings. The number of aromatic nitrogens is 1. The molecular weight excluding hydrogens is 239 g/mol. The van der Waals surface area contributed by atoms with Crippen LogP contribution < -0.4 is 5.32 Å². The van der Waals surface area contributed by atoms with Crippen molar-refractivity contribution in [2.24, 2.45) is 0 Å². The van der Waals surface area contributed by atoms with Gasteiger partial charge in [0.05, 0.1) is 0 Å². The van der Waals surface area contributed by atoms with Gasteiger partial charge in [0.25, 0.3) is 0 Å². The molecule has 1 aromatic carbocycles. The zero-order chi connectivity index (χ0) is 13.4. The van der Waals surface area contributed by atoms with Crippen molar-refractivity contribution < 1.29 is 4.39 Å². The Kier molecular flexibility index (Phi) is 3.13. The average molecular weight is 258 g/mol. The molecule has 1 aromatic heterocycles. The molecule has 1 aliphatic carbocycles. The summed E-state index contributed by atoms with van der Waals surface area (Å²) in [5, 5.41) is 4.36. The van der Waals surface area contributed by atoms with E-state index in [-0.39, 0.29) is 5.82 Å². The van der Waals surface area contributed by atoms with Gasteiger partial charge in [-0.15, -0.1) is 0 Å². The summed E-state index contributed by atoms with van der Waals surface area (Å²) in [6, 6.07) is 3.61. The van der Waals surface area contributed by atoms with E-state index >= 15 is 0 Å². The zero-order valence-electron chi connectivity index (χ0n) is 11.5. The molecule has 0 radical (unpaired) electrons. The first kappa shape index (κ1) is 12.4. The molecule has 0 aliphatic heterocycles. The average Bonchev–Trinajstić information content (AvgIpc) is 2.40. The van der Waals surface area contributed by atoms with Gasteiger partial charge < -0.3 is 5.32 Å². The van der Waals surface area contributed by atoms with E-state index in [4.69, 9.17) is 0 Å². The molecule has 0 unspecified atom stereocenters. The maximum atomic E-state index is 14.1. The van der Waals surface area contributed by atoms with Crippen molar-refractivity contribution in [1.82, 2.24) is 4.98 Å². The SMILES string of the molecule is CCNc1c2c(nc3c(F)cc(C)cc13)CCCC2. The number of benzene rings is 1. The summed E-state index contributed by atoms with van der Waals surface area (Å²) >= 11 is 0. The number of pyridine rings is 1. The van der Waals surface area contributed by atoms with Crippen LogP contribution in [0.1, 0.15) is 36.6 Å². The van der Waals surface area contributed by atoms with Crippen LogP contribution in [0.4, 0.5) is 10.1 Å². The fourth-order valence-corrected chi connectivity index (χ4v) is 3.00. The molecule has 0 amide bonds. The van der Waals surface area contributed by atoms with Crippen LogP contribution in [0.5, 0.6) is 0 Å². The molecule has 3 heteroatoms. The van der Waals surface area contributed by atoms with Gasteiger partial charge in [0, 0.05) is 23.3 Å². The van der Waals surface area contributed by atoms with Crippen LogP contribution in [0.2, 0.25) is 0 Å². The Hall–Kier alpha value is -1.64. The molecule has 0 spiro atoms. The largest absolute Gasteiger partial charge is 0.384 e. The van der Waals surface area contributed by atoms with Crippen molar-refractivity contribution in [1.29, 1.82) is 0 Å². The van der Waals surface area contributed by atoms with Crippen LogP contribution >= 0.6 is 0 Å². The third kappa shape index (κ3) is 2.07. The molecule has 0 atom stereocenters. The van der Waals surface area contributed by atoms with Crippen molar-refractivity contribution in [2.45, 2.75) is 39.5 Å². The third-order valence-corrected chi connectivity index (χ3v) is 3.82. The Balaban J connectivity index is 2.35. The van der Waals surface area contributed by atoms with Gasteiger partial charge in [-0.2, -0.15) is 0 Å². The first-order valence-corrected chi connectivity index (χ1v) is 7.06. The van der Waals surface area contributed by atoms with E-state index in [1.807, 2.05) is 13.0 Å². The lowest BCUT2D eigenvalue weighted by Gasteiger charge is -2.21. The highest BCUT2D eigenvalue weighted by atomic mass is 19.1. The summed E-state index contributed by atoms with van der Waals surface area (Å²) in [5.74, 6) is -0.206. The van der Waals surface area contributed by atoms with Crippen LogP contribution in [0.3, 0.4) is 0 Å². The molecule has 19 heavy (non-hydrogen) atoms. The zero-order valence-corrected chi connectivity index (χ0v) is 11.5. The number of hydrogen-bond donors (Lipinski definition) is 1. The normalized spacial score (nSPS) is 14.5. The molecular formula is C16H19FN2. The number of fused-ring (bicyclic) bond motifs is 2. The van der Waals surface area contributed by atoms with Gasteiger partial charge in [0.15, 0.2) is 0 Å². The second-order valence-electron chi connectivity index (χ2n) is 5.29. The third-order valence-electron chi connectivity index (χ3n) is 3.82. The fourth-order valence-electron chi connectivity index (χ4n) is 3.00. The molecule has 1 N–H and O–H groups in total. The molecule has 3 rings (SSSR count). The van der Waals surface area contributed by atoms with Crippen molar-refractivity contribution in [3.05, 3.63) is 34.8 Å². The molecule has 0 bridgehead atoms. The van der Waals surface area contributed by atoms with Gasteiger partial charge in [-0.1, -0.05) is 0 Å².